The quantitative estimate of drug-likeness (QED) is 0.197. The lowest BCUT2D eigenvalue weighted by Gasteiger charge is -2.24. The summed E-state index contributed by atoms with van der Waals surface area (Å²) in [6.07, 6.45) is 3.87. The maximum atomic E-state index is 12.3. The van der Waals surface area contributed by atoms with Crippen LogP contribution in [0.15, 0.2) is 36.4 Å². The summed E-state index contributed by atoms with van der Waals surface area (Å²) in [7, 11) is 0. The first-order valence-corrected chi connectivity index (χ1v) is 15.2. The number of nitrogens with one attached hydrogen (secondary N) is 4. The van der Waals surface area contributed by atoms with Crippen LogP contribution >= 0.6 is 11.8 Å². The molecule has 2 aliphatic rings. The second kappa shape index (κ2) is 16.3. The molecular formula is C30H47N5O4S. The van der Waals surface area contributed by atoms with Crippen molar-refractivity contribution in [2.75, 3.05) is 30.4 Å². The van der Waals surface area contributed by atoms with Gasteiger partial charge in [0.25, 0.3) is 5.91 Å². The molecule has 0 spiro atoms. The number of unbranched alkanes of at least 4 members (excludes halogenated alkanes) is 1. The van der Waals surface area contributed by atoms with E-state index < -0.39 is 5.54 Å². The highest BCUT2D eigenvalue weighted by molar-refractivity contribution is 7.99. The first-order valence-electron chi connectivity index (χ1n) is 14.1. The van der Waals surface area contributed by atoms with E-state index in [1.807, 2.05) is 36.0 Å². The van der Waals surface area contributed by atoms with Crippen molar-refractivity contribution < 1.29 is 19.5 Å². The Bertz CT molecular complexity index is 1110. The lowest BCUT2D eigenvalue weighted by molar-refractivity contribution is -0.121. The molecule has 4 amide bonds. The lowest BCUT2D eigenvalue weighted by atomic mass is 10.0. The highest BCUT2D eigenvalue weighted by atomic mass is 32.2. The number of hydrogen-bond acceptors (Lipinski definition) is 6. The number of carbonyl (C=O) groups is 3. The summed E-state index contributed by atoms with van der Waals surface area (Å²) in [5.74, 6) is 2.82. The molecule has 2 aromatic rings. The van der Waals surface area contributed by atoms with Gasteiger partial charge in [-0.05, 0) is 50.1 Å². The van der Waals surface area contributed by atoms with Crippen molar-refractivity contribution in [1.82, 2.24) is 21.3 Å². The van der Waals surface area contributed by atoms with E-state index in [9.17, 15) is 19.5 Å². The summed E-state index contributed by atoms with van der Waals surface area (Å²) in [5, 5.41) is 22.3. The van der Waals surface area contributed by atoms with Gasteiger partial charge >= 0.3 is 6.03 Å². The number of aliphatic hydroxyl groups excluding tert-OH is 1. The molecule has 0 saturated carbocycles. The number of anilines is 1. The molecule has 2 atom stereocenters. The van der Waals surface area contributed by atoms with Gasteiger partial charge in [-0.25, -0.2) is 4.79 Å². The second-order valence-electron chi connectivity index (χ2n) is 11.2. The van der Waals surface area contributed by atoms with E-state index in [-0.39, 0.29) is 24.5 Å². The smallest absolute Gasteiger partial charge is 0.315 e. The molecule has 2 heterocycles. The van der Waals surface area contributed by atoms with Crippen LogP contribution in [0.2, 0.25) is 0 Å². The maximum Gasteiger partial charge on any atom is 0.315 e. The zero-order chi connectivity index (χ0) is 29.7. The number of rotatable bonds is 9. The molecule has 0 aromatic heterocycles. The second-order valence-corrected chi connectivity index (χ2v) is 12.3. The van der Waals surface area contributed by atoms with Gasteiger partial charge in [0.1, 0.15) is 0 Å². The van der Waals surface area contributed by atoms with Crippen molar-refractivity contribution in [3.63, 3.8) is 0 Å². The Labute approximate surface area is 242 Å². The molecule has 0 aliphatic carbocycles. The normalized spacial score (nSPS) is 17.5. The molecule has 4 rings (SSSR count). The van der Waals surface area contributed by atoms with Crippen LogP contribution in [-0.4, -0.2) is 65.2 Å². The lowest BCUT2D eigenvalue weighted by Crippen LogP contribution is -2.46. The molecule has 2 aromatic carbocycles. The fraction of sp³-hybridized carbons (Fsp3) is 0.567. The summed E-state index contributed by atoms with van der Waals surface area (Å²) in [5.41, 5.74) is 6.46. The number of carbonyl (C=O) groups excluding carboxylic acids is 3. The van der Waals surface area contributed by atoms with Gasteiger partial charge in [-0.3, -0.25) is 9.59 Å². The summed E-state index contributed by atoms with van der Waals surface area (Å²) < 4.78 is 0. The molecule has 40 heavy (non-hydrogen) atoms. The Morgan fingerprint density at radius 3 is 2.30 bits per heavy atom. The Hall–Kier alpha value is -2.98. The third-order valence-electron chi connectivity index (χ3n) is 6.56. The van der Waals surface area contributed by atoms with Gasteiger partial charge in [-0.2, -0.15) is 11.8 Å². The predicted octanol–water partition coefficient (Wildman–Crippen LogP) is 4.04. The molecule has 10 heteroatoms. The molecule has 0 radical (unpaired) electrons. The number of urea groups is 1. The highest BCUT2D eigenvalue weighted by Gasteiger charge is 2.35. The van der Waals surface area contributed by atoms with Crippen LogP contribution in [0.5, 0.6) is 0 Å². The van der Waals surface area contributed by atoms with E-state index in [0.717, 1.165) is 48.1 Å². The Morgan fingerprint density at radius 1 is 1.10 bits per heavy atom. The van der Waals surface area contributed by atoms with Crippen LogP contribution < -0.4 is 27.0 Å². The van der Waals surface area contributed by atoms with Crippen molar-refractivity contribution in [3.8, 4) is 0 Å². The van der Waals surface area contributed by atoms with Gasteiger partial charge < -0.3 is 32.1 Å². The fourth-order valence-electron chi connectivity index (χ4n) is 4.08. The maximum absolute atomic E-state index is 12.3. The molecular weight excluding hydrogens is 526 g/mol. The zero-order valence-corrected chi connectivity index (χ0v) is 25.3. The zero-order valence-electron chi connectivity index (χ0n) is 24.5. The van der Waals surface area contributed by atoms with E-state index >= 15 is 0 Å². The summed E-state index contributed by atoms with van der Waals surface area (Å²) in [6.45, 7) is 10.7. The van der Waals surface area contributed by atoms with Crippen LogP contribution in [0.4, 0.5) is 10.5 Å². The van der Waals surface area contributed by atoms with Gasteiger partial charge in [-0.15, -0.1) is 0 Å². The molecule has 2 unspecified atom stereocenters. The van der Waals surface area contributed by atoms with Crippen molar-refractivity contribution in [2.45, 2.75) is 77.9 Å². The minimum absolute atomic E-state index is 0.00491. The molecule has 2 saturated heterocycles. The molecule has 2 aliphatic heterocycles. The number of aliphatic hydroxyl groups is 1. The van der Waals surface area contributed by atoms with E-state index in [1.165, 1.54) is 0 Å². The number of amides is 4. The number of nitrogens with two attached hydrogens (primary N) is 1. The summed E-state index contributed by atoms with van der Waals surface area (Å²) >= 11 is 1.89. The number of fused-ring (bicyclic) bond motifs is 2. The third-order valence-corrected chi connectivity index (χ3v) is 7.75. The number of hydrogen-bond donors (Lipinski definition) is 6. The van der Waals surface area contributed by atoms with Crippen LogP contribution in [0, 0.1) is 5.92 Å². The molecule has 222 valence electrons. The molecule has 7 N–H and O–H groups in total. The van der Waals surface area contributed by atoms with Gasteiger partial charge in [0, 0.05) is 41.1 Å². The topological polar surface area (TPSA) is 146 Å². The standard InChI is InChI=1S/C15H18N2O2.C10H21NO.C5H8N2OS/c1-15(2,9-18)17-14(19)12-7-8-13(16)11-6-4-3-5-10(11)12;1-4-5-6-10(12)11-8-7-9(2)3;8-5-6-3-1-9-2-4(3)7-5/h3-8,18H,9,16H2,1-2H3,(H,17,19);9H,4-8H2,1-3H3,(H,11,12);3-4H,1-2H2,(H2,6,7,8). The Balaban J connectivity index is 0.000000228. The van der Waals surface area contributed by atoms with Gasteiger partial charge in [0.15, 0.2) is 0 Å². The van der Waals surface area contributed by atoms with Crippen LogP contribution in [-0.2, 0) is 4.79 Å². The van der Waals surface area contributed by atoms with E-state index in [4.69, 9.17) is 5.73 Å². The number of thioether (sulfide) groups is 1. The number of benzene rings is 2. The van der Waals surface area contributed by atoms with Crippen molar-refractivity contribution in [3.05, 3.63) is 42.0 Å². The Morgan fingerprint density at radius 2 is 1.73 bits per heavy atom. The molecule has 9 nitrogen and oxygen atoms in total. The monoisotopic (exact) mass is 573 g/mol. The van der Waals surface area contributed by atoms with Crippen LogP contribution in [0.25, 0.3) is 10.8 Å². The molecule has 0 bridgehead atoms. The van der Waals surface area contributed by atoms with Gasteiger partial charge in [0.2, 0.25) is 5.91 Å². The SMILES string of the molecule is CC(C)(CO)NC(=O)c1ccc(N)c2ccccc12.CCCCC(=O)NCCC(C)C.O=C1NC2CSCC2N1. The largest absolute Gasteiger partial charge is 0.398 e. The Kier molecular flexibility index (Phi) is 13.6. The fourth-order valence-corrected chi connectivity index (χ4v) is 5.35. The first kappa shape index (κ1) is 33.2. The van der Waals surface area contributed by atoms with Crippen LogP contribution in [0.1, 0.15) is 70.7 Å². The number of nitrogen functional groups attached to an aromatic ring is 1. The predicted molar refractivity (Wildman–Crippen MR) is 166 cm³/mol. The van der Waals surface area contributed by atoms with E-state index in [2.05, 4.69) is 42.0 Å². The minimum atomic E-state index is -0.653. The average molecular weight is 574 g/mol. The van der Waals surface area contributed by atoms with Crippen molar-refractivity contribution in [2.24, 2.45) is 5.92 Å². The average Bonchev–Trinajstić information content (AvgIpc) is 3.49. The van der Waals surface area contributed by atoms with Gasteiger partial charge in [0.05, 0.1) is 24.2 Å². The summed E-state index contributed by atoms with van der Waals surface area (Å²) in [4.78, 5) is 34.0. The molecule has 2 fully saturated rings. The highest BCUT2D eigenvalue weighted by Crippen LogP contribution is 2.25. The van der Waals surface area contributed by atoms with E-state index in [1.54, 1.807) is 26.0 Å². The van der Waals surface area contributed by atoms with Crippen molar-refractivity contribution in [1.29, 1.82) is 0 Å². The van der Waals surface area contributed by atoms with Gasteiger partial charge in [-0.1, -0.05) is 51.5 Å². The van der Waals surface area contributed by atoms with Crippen molar-refractivity contribution >= 4 is 46.1 Å². The third kappa shape index (κ3) is 10.9. The van der Waals surface area contributed by atoms with Crippen LogP contribution in [0.3, 0.4) is 0 Å². The minimum Gasteiger partial charge on any atom is -0.398 e. The first-order chi connectivity index (χ1) is 19.0. The van der Waals surface area contributed by atoms with E-state index in [0.29, 0.717) is 35.7 Å². The summed E-state index contributed by atoms with van der Waals surface area (Å²) in [6, 6.07) is 11.8.